The number of rotatable bonds is 5. The van der Waals surface area contributed by atoms with Crippen molar-refractivity contribution < 1.29 is 9.13 Å². The molecule has 0 saturated heterocycles. The molecule has 0 aliphatic heterocycles. The molecule has 0 fully saturated rings. The van der Waals surface area contributed by atoms with Gasteiger partial charge < -0.3 is 10.1 Å². The first-order chi connectivity index (χ1) is 9.20. The van der Waals surface area contributed by atoms with Gasteiger partial charge in [0.05, 0.1) is 0 Å². The Morgan fingerprint density at radius 3 is 2.68 bits per heavy atom. The van der Waals surface area contributed by atoms with Crippen molar-refractivity contribution in [2.24, 2.45) is 0 Å². The molecular formula is C15H17FN2O. The van der Waals surface area contributed by atoms with Crippen molar-refractivity contribution >= 4 is 0 Å². The number of ether oxygens (including phenoxy) is 1. The van der Waals surface area contributed by atoms with E-state index in [9.17, 15) is 4.39 Å². The van der Waals surface area contributed by atoms with E-state index in [1.807, 2.05) is 26.1 Å². The van der Waals surface area contributed by atoms with Crippen molar-refractivity contribution in [2.75, 3.05) is 7.05 Å². The fourth-order valence-electron chi connectivity index (χ4n) is 1.78. The van der Waals surface area contributed by atoms with E-state index in [0.29, 0.717) is 12.4 Å². The highest BCUT2D eigenvalue weighted by Crippen LogP contribution is 2.26. The second-order valence-electron chi connectivity index (χ2n) is 4.34. The molecule has 1 aromatic heterocycles. The van der Waals surface area contributed by atoms with E-state index in [-0.39, 0.29) is 11.9 Å². The van der Waals surface area contributed by atoms with Crippen LogP contribution in [0, 0.1) is 5.82 Å². The first-order valence-corrected chi connectivity index (χ1v) is 6.19. The SMILES string of the molecule is CNC(C)c1cc(F)ccc1OCc1ccncc1. The highest BCUT2D eigenvalue weighted by atomic mass is 19.1. The Hall–Kier alpha value is -1.94. The van der Waals surface area contributed by atoms with Crippen molar-refractivity contribution in [2.45, 2.75) is 19.6 Å². The number of nitrogens with one attached hydrogen (secondary N) is 1. The maximum Gasteiger partial charge on any atom is 0.124 e. The highest BCUT2D eigenvalue weighted by molar-refractivity contribution is 5.36. The summed E-state index contributed by atoms with van der Waals surface area (Å²) in [5, 5.41) is 3.09. The molecule has 0 amide bonds. The lowest BCUT2D eigenvalue weighted by molar-refractivity contribution is 0.299. The zero-order valence-electron chi connectivity index (χ0n) is 11.1. The zero-order valence-corrected chi connectivity index (χ0v) is 11.1. The van der Waals surface area contributed by atoms with Gasteiger partial charge in [-0.25, -0.2) is 4.39 Å². The van der Waals surface area contributed by atoms with Gasteiger partial charge in [0.15, 0.2) is 0 Å². The van der Waals surface area contributed by atoms with Crippen LogP contribution in [0.25, 0.3) is 0 Å². The van der Waals surface area contributed by atoms with Gasteiger partial charge in [-0.2, -0.15) is 0 Å². The van der Waals surface area contributed by atoms with Crippen LogP contribution in [-0.2, 0) is 6.61 Å². The van der Waals surface area contributed by atoms with E-state index >= 15 is 0 Å². The minimum Gasteiger partial charge on any atom is -0.489 e. The molecule has 0 spiro atoms. The molecule has 19 heavy (non-hydrogen) atoms. The van der Waals surface area contributed by atoms with Crippen LogP contribution in [0.4, 0.5) is 4.39 Å². The average Bonchev–Trinajstić information content (AvgIpc) is 2.46. The molecule has 0 radical (unpaired) electrons. The standard InChI is InChI=1S/C15H17FN2O/c1-11(17-2)14-9-13(16)3-4-15(14)19-10-12-5-7-18-8-6-12/h3-9,11,17H,10H2,1-2H3. The summed E-state index contributed by atoms with van der Waals surface area (Å²) in [6.07, 6.45) is 3.45. The Balaban J connectivity index is 2.15. The second kappa shape index (κ2) is 6.29. The molecule has 0 bridgehead atoms. The maximum absolute atomic E-state index is 13.3. The van der Waals surface area contributed by atoms with Gasteiger partial charge in [0.25, 0.3) is 0 Å². The van der Waals surface area contributed by atoms with Gasteiger partial charge in [-0.3, -0.25) is 4.98 Å². The third-order valence-corrected chi connectivity index (χ3v) is 3.02. The van der Waals surface area contributed by atoms with Crippen LogP contribution >= 0.6 is 0 Å². The number of nitrogens with zero attached hydrogens (tertiary/aromatic N) is 1. The summed E-state index contributed by atoms with van der Waals surface area (Å²) in [4.78, 5) is 3.96. The molecule has 100 valence electrons. The maximum atomic E-state index is 13.3. The minimum atomic E-state index is -0.256. The monoisotopic (exact) mass is 260 g/mol. The number of benzene rings is 1. The fraction of sp³-hybridized carbons (Fsp3) is 0.267. The first kappa shape index (κ1) is 13.5. The van der Waals surface area contributed by atoms with E-state index < -0.39 is 0 Å². The van der Waals surface area contributed by atoms with Gasteiger partial charge in [0.1, 0.15) is 18.2 Å². The second-order valence-corrected chi connectivity index (χ2v) is 4.34. The summed E-state index contributed by atoms with van der Waals surface area (Å²) in [5.74, 6) is 0.438. The fourth-order valence-corrected chi connectivity index (χ4v) is 1.78. The molecule has 2 aromatic rings. The number of hydrogen-bond donors (Lipinski definition) is 1. The van der Waals surface area contributed by atoms with Gasteiger partial charge >= 0.3 is 0 Å². The summed E-state index contributed by atoms with van der Waals surface area (Å²) in [6, 6.07) is 8.40. The van der Waals surface area contributed by atoms with Crippen molar-refractivity contribution in [3.8, 4) is 5.75 Å². The largest absolute Gasteiger partial charge is 0.489 e. The first-order valence-electron chi connectivity index (χ1n) is 6.19. The Labute approximate surface area is 112 Å². The number of halogens is 1. The number of hydrogen-bond acceptors (Lipinski definition) is 3. The highest BCUT2D eigenvalue weighted by Gasteiger charge is 2.11. The Kier molecular flexibility index (Phi) is 4.47. The Bertz CT molecular complexity index is 531. The van der Waals surface area contributed by atoms with Crippen molar-refractivity contribution in [1.29, 1.82) is 0 Å². The topological polar surface area (TPSA) is 34.1 Å². The molecule has 0 aliphatic rings. The van der Waals surface area contributed by atoms with E-state index in [0.717, 1.165) is 11.1 Å². The van der Waals surface area contributed by atoms with Crippen molar-refractivity contribution in [1.82, 2.24) is 10.3 Å². The predicted octanol–water partition coefficient (Wildman–Crippen LogP) is 3.08. The van der Waals surface area contributed by atoms with Gasteiger partial charge in [-0.1, -0.05) is 0 Å². The summed E-state index contributed by atoms with van der Waals surface area (Å²) < 4.78 is 19.1. The van der Waals surface area contributed by atoms with Crippen LogP contribution in [0.15, 0.2) is 42.7 Å². The Morgan fingerprint density at radius 2 is 2.00 bits per heavy atom. The van der Waals surface area contributed by atoms with Crippen LogP contribution in [0.1, 0.15) is 24.1 Å². The van der Waals surface area contributed by atoms with Gasteiger partial charge in [0.2, 0.25) is 0 Å². The molecule has 1 atom stereocenters. The van der Waals surface area contributed by atoms with Crippen LogP contribution < -0.4 is 10.1 Å². The lowest BCUT2D eigenvalue weighted by Gasteiger charge is -2.16. The van der Waals surface area contributed by atoms with Crippen molar-refractivity contribution in [3.63, 3.8) is 0 Å². The van der Waals surface area contributed by atoms with E-state index in [1.165, 1.54) is 12.1 Å². The summed E-state index contributed by atoms with van der Waals surface area (Å²) >= 11 is 0. The lowest BCUT2D eigenvalue weighted by atomic mass is 10.1. The van der Waals surface area contributed by atoms with Gasteiger partial charge in [-0.15, -0.1) is 0 Å². The number of pyridine rings is 1. The molecule has 1 unspecified atom stereocenters. The smallest absolute Gasteiger partial charge is 0.124 e. The molecule has 1 aromatic carbocycles. The summed E-state index contributed by atoms with van der Waals surface area (Å²) in [5.41, 5.74) is 1.85. The van der Waals surface area contributed by atoms with Crippen molar-refractivity contribution in [3.05, 3.63) is 59.7 Å². The molecule has 4 heteroatoms. The molecule has 1 heterocycles. The predicted molar refractivity (Wildman–Crippen MR) is 72.4 cm³/mol. The van der Waals surface area contributed by atoms with Crippen LogP contribution in [-0.4, -0.2) is 12.0 Å². The van der Waals surface area contributed by atoms with E-state index in [4.69, 9.17) is 4.74 Å². The van der Waals surface area contributed by atoms with Crippen LogP contribution in [0.5, 0.6) is 5.75 Å². The third-order valence-electron chi connectivity index (χ3n) is 3.02. The minimum absolute atomic E-state index is 0.0307. The van der Waals surface area contributed by atoms with E-state index in [1.54, 1.807) is 18.5 Å². The average molecular weight is 260 g/mol. The van der Waals surface area contributed by atoms with Crippen LogP contribution in [0.2, 0.25) is 0 Å². The van der Waals surface area contributed by atoms with Gasteiger partial charge in [-0.05, 0) is 49.9 Å². The Morgan fingerprint density at radius 1 is 1.26 bits per heavy atom. The molecule has 2 rings (SSSR count). The van der Waals surface area contributed by atoms with Gasteiger partial charge in [0, 0.05) is 24.0 Å². The molecule has 3 nitrogen and oxygen atoms in total. The summed E-state index contributed by atoms with van der Waals surface area (Å²) in [7, 11) is 1.84. The number of aromatic nitrogens is 1. The summed E-state index contributed by atoms with van der Waals surface area (Å²) in [6.45, 7) is 2.41. The zero-order chi connectivity index (χ0) is 13.7. The lowest BCUT2D eigenvalue weighted by Crippen LogP contribution is -2.14. The normalized spacial score (nSPS) is 12.2. The quantitative estimate of drug-likeness (QED) is 0.897. The molecule has 1 N–H and O–H groups in total. The van der Waals surface area contributed by atoms with Crippen LogP contribution in [0.3, 0.4) is 0 Å². The van der Waals surface area contributed by atoms with E-state index in [2.05, 4.69) is 10.3 Å². The molecule has 0 saturated carbocycles. The molecule has 0 aliphatic carbocycles. The molecular weight excluding hydrogens is 243 g/mol. The third kappa shape index (κ3) is 3.51.